The third kappa shape index (κ3) is 3.27. The first kappa shape index (κ1) is 15.5. The minimum absolute atomic E-state index is 0.0719. The molecule has 0 saturated carbocycles. The van der Waals surface area contributed by atoms with Crippen LogP contribution in [0.15, 0.2) is 29.5 Å². The molecule has 0 bridgehead atoms. The van der Waals surface area contributed by atoms with Crippen LogP contribution in [0.3, 0.4) is 0 Å². The van der Waals surface area contributed by atoms with Crippen molar-refractivity contribution >= 4 is 5.97 Å². The van der Waals surface area contributed by atoms with E-state index in [0.29, 0.717) is 0 Å². The van der Waals surface area contributed by atoms with E-state index in [0.717, 1.165) is 0 Å². The van der Waals surface area contributed by atoms with Crippen molar-refractivity contribution in [2.75, 3.05) is 7.11 Å². The van der Waals surface area contributed by atoms with Crippen molar-refractivity contribution in [1.82, 2.24) is 0 Å². The predicted molar refractivity (Wildman–Crippen MR) is 69.5 cm³/mol. The van der Waals surface area contributed by atoms with Gasteiger partial charge in [-0.15, -0.1) is 6.58 Å². The fourth-order valence-electron chi connectivity index (χ4n) is 2.09. The number of carbonyl (C=O) groups excluding carboxylic acids is 1. The first-order valence-corrected chi connectivity index (χ1v) is 6.01. The molecule has 1 N–H and O–H groups in total. The number of hydrogen-bond acceptors (Lipinski definition) is 6. The van der Waals surface area contributed by atoms with E-state index in [9.17, 15) is 14.8 Å². The van der Waals surface area contributed by atoms with Crippen LogP contribution in [0.2, 0.25) is 0 Å². The lowest BCUT2D eigenvalue weighted by atomic mass is 9.79. The third-order valence-corrected chi connectivity index (χ3v) is 3.01. The molecule has 0 unspecified atom stereocenters. The molecule has 1 aliphatic rings. The Kier molecular flexibility index (Phi) is 4.97. The summed E-state index contributed by atoms with van der Waals surface area (Å²) in [5, 5.41) is 13.3. The number of esters is 1. The van der Waals surface area contributed by atoms with Gasteiger partial charge in [-0.1, -0.05) is 11.3 Å². The zero-order chi connectivity index (χ0) is 14.6. The summed E-state index contributed by atoms with van der Waals surface area (Å²) in [4.78, 5) is 22.6. The molecule has 6 heteroatoms. The maximum atomic E-state index is 11.6. The van der Waals surface area contributed by atoms with Crippen LogP contribution in [-0.4, -0.2) is 42.0 Å². The van der Waals surface area contributed by atoms with E-state index in [1.165, 1.54) is 19.3 Å². The monoisotopic (exact) mass is 269 g/mol. The Bertz CT molecular complexity index is 404. The standard InChI is InChI=1S/C13H19NO5/c1-5-13(16)7-9(12(15)18-4)6-10(11(13)14-17)19-8(2)3/h5-6,8,10-11,16H,1,7H2,2-4H3/t10-,11+,13-/m1/s1. The molecule has 0 radical (unpaired) electrons. The number of hydrogen-bond donors (Lipinski definition) is 1. The van der Waals surface area contributed by atoms with Crippen LogP contribution < -0.4 is 0 Å². The predicted octanol–water partition coefficient (Wildman–Crippen LogP) is 1.34. The molecule has 0 aromatic heterocycles. The number of methoxy groups -OCH3 is 1. The number of aliphatic hydroxyl groups is 1. The quantitative estimate of drug-likeness (QED) is 0.462. The maximum absolute atomic E-state index is 11.6. The van der Waals surface area contributed by atoms with Crippen LogP contribution in [0.1, 0.15) is 20.3 Å². The molecule has 0 heterocycles. The molecule has 19 heavy (non-hydrogen) atoms. The molecule has 0 aromatic rings. The largest absolute Gasteiger partial charge is 0.466 e. The second-order valence-electron chi connectivity index (χ2n) is 4.76. The summed E-state index contributed by atoms with van der Waals surface area (Å²) in [6.07, 6.45) is 1.65. The molecule has 0 amide bonds. The summed E-state index contributed by atoms with van der Waals surface area (Å²) in [6, 6.07) is -1.04. The van der Waals surface area contributed by atoms with E-state index in [4.69, 9.17) is 4.74 Å². The van der Waals surface area contributed by atoms with E-state index in [2.05, 4.69) is 16.5 Å². The van der Waals surface area contributed by atoms with Crippen molar-refractivity contribution in [2.45, 2.75) is 44.1 Å². The molecular formula is C13H19NO5. The van der Waals surface area contributed by atoms with E-state index >= 15 is 0 Å². The number of nitroso groups, excluding NO2 is 1. The van der Waals surface area contributed by atoms with Crippen LogP contribution in [-0.2, 0) is 14.3 Å². The zero-order valence-corrected chi connectivity index (χ0v) is 11.3. The van der Waals surface area contributed by atoms with Crippen molar-refractivity contribution in [3.05, 3.63) is 29.2 Å². The first-order chi connectivity index (χ1) is 8.87. The van der Waals surface area contributed by atoms with Gasteiger partial charge in [-0.3, -0.25) is 0 Å². The third-order valence-electron chi connectivity index (χ3n) is 3.01. The van der Waals surface area contributed by atoms with E-state index in [1.54, 1.807) is 13.8 Å². The Morgan fingerprint density at radius 3 is 2.74 bits per heavy atom. The summed E-state index contributed by atoms with van der Waals surface area (Å²) in [5.74, 6) is -0.568. The van der Waals surface area contributed by atoms with Crippen LogP contribution >= 0.6 is 0 Å². The summed E-state index contributed by atoms with van der Waals surface area (Å²) in [5.41, 5.74) is -1.37. The number of nitrogens with zero attached hydrogens (tertiary/aromatic N) is 1. The van der Waals surface area contributed by atoms with Crippen molar-refractivity contribution in [1.29, 1.82) is 0 Å². The van der Waals surface area contributed by atoms with Crippen LogP contribution in [0.5, 0.6) is 0 Å². The van der Waals surface area contributed by atoms with E-state index in [-0.39, 0.29) is 18.1 Å². The Labute approximate surface area is 112 Å². The second-order valence-corrected chi connectivity index (χ2v) is 4.76. The highest BCUT2D eigenvalue weighted by molar-refractivity contribution is 5.89. The summed E-state index contributed by atoms with van der Waals surface area (Å²) in [6.45, 7) is 7.08. The van der Waals surface area contributed by atoms with Gasteiger partial charge in [0.15, 0.2) is 6.04 Å². The molecule has 0 spiro atoms. The van der Waals surface area contributed by atoms with Gasteiger partial charge in [-0.25, -0.2) is 4.79 Å². The van der Waals surface area contributed by atoms with E-state index in [1.807, 2.05) is 0 Å². The molecule has 0 saturated heterocycles. The summed E-state index contributed by atoms with van der Waals surface area (Å²) in [7, 11) is 1.25. The average Bonchev–Trinajstić information content (AvgIpc) is 2.36. The molecule has 106 valence electrons. The van der Waals surface area contributed by atoms with Gasteiger partial charge in [0.25, 0.3) is 0 Å². The number of ether oxygens (including phenoxy) is 2. The molecule has 0 aliphatic heterocycles. The van der Waals surface area contributed by atoms with Gasteiger partial charge in [-0.2, -0.15) is 4.91 Å². The fourth-order valence-corrected chi connectivity index (χ4v) is 2.09. The van der Waals surface area contributed by atoms with Crippen LogP contribution in [0.25, 0.3) is 0 Å². The molecule has 6 nitrogen and oxygen atoms in total. The number of carbonyl (C=O) groups is 1. The molecule has 0 fully saturated rings. The zero-order valence-electron chi connectivity index (χ0n) is 11.3. The first-order valence-electron chi connectivity index (χ1n) is 6.01. The lowest BCUT2D eigenvalue weighted by Gasteiger charge is -2.37. The van der Waals surface area contributed by atoms with Crippen molar-refractivity contribution in [2.24, 2.45) is 5.18 Å². The van der Waals surface area contributed by atoms with Gasteiger partial charge in [0, 0.05) is 12.0 Å². The van der Waals surface area contributed by atoms with Crippen molar-refractivity contribution in [3.8, 4) is 0 Å². The lowest BCUT2D eigenvalue weighted by Crippen LogP contribution is -2.51. The highest BCUT2D eigenvalue weighted by Crippen LogP contribution is 2.34. The molecule has 1 aliphatic carbocycles. The van der Waals surface area contributed by atoms with Gasteiger partial charge in [0.05, 0.1) is 13.2 Å². The Morgan fingerprint density at radius 1 is 1.68 bits per heavy atom. The summed E-state index contributed by atoms with van der Waals surface area (Å²) >= 11 is 0. The molecule has 3 atom stereocenters. The van der Waals surface area contributed by atoms with Gasteiger partial charge in [0.1, 0.15) is 11.7 Å². The minimum Gasteiger partial charge on any atom is -0.466 e. The van der Waals surface area contributed by atoms with E-state index < -0.39 is 23.7 Å². The Balaban J connectivity index is 3.17. The highest BCUT2D eigenvalue weighted by Gasteiger charge is 2.46. The molecule has 0 aromatic carbocycles. The SMILES string of the molecule is C=C[C@@]1(O)CC(C(=O)OC)=C[C@@H](OC(C)C)[C@@H]1N=O. The smallest absolute Gasteiger partial charge is 0.333 e. The van der Waals surface area contributed by atoms with Crippen LogP contribution in [0.4, 0.5) is 0 Å². The lowest BCUT2D eigenvalue weighted by molar-refractivity contribution is -0.137. The topological polar surface area (TPSA) is 85.2 Å². The van der Waals surface area contributed by atoms with Crippen molar-refractivity contribution in [3.63, 3.8) is 0 Å². The van der Waals surface area contributed by atoms with Gasteiger partial charge >= 0.3 is 5.97 Å². The highest BCUT2D eigenvalue weighted by atomic mass is 16.5. The maximum Gasteiger partial charge on any atom is 0.333 e. The Hall–Kier alpha value is -1.53. The molecule has 1 rings (SSSR count). The fraction of sp³-hybridized carbons (Fsp3) is 0.615. The number of rotatable bonds is 5. The van der Waals surface area contributed by atoms with Crippen LogP contribution in [0, 0.1) is 4.91 Å². The Morgan fingerprint density at radius 2 is 2.32 bits per heavy atom. The second kappa shape index (κ2) is 6.08. The molecular weight excluding hydrogens is 250 g/mol. The van der Waals surface area contributed by atoms with Gasteiger partial charge in [0.2, 0.25) is 0 Å². The average molecular weight is 269 g/mol. The summed E-state index contributed by atoms with van der Waals surface area (Å²) < 4.78 is 10.2. The van der Waals surface area contributed by atoms with Gasteiger partial charge in [-0.05, 0) is 19.9 Å². The normalized spacial score (nSPS) is 30.7. The minimum atomic E-state index is -1.61. The van der Waals surface area contributed by atoms with Crippen molar-refractivity contribution < 1.29 is 19.4 Å². The van der Waals surface area contributed by atoms with Gasteiger partial charge < -0.3 is 14.6 Å².